The Morgan fingerprint density at radius 3 is 2.55 bits per heavy atom. The normalized spacial score (nSPS) is 11.8. The second-order valence-corrected chi connectivity index (χ2v) is 4.71. The number of Topliss-reactive ketones (excluding diaryl/α,β-unsaturated/α-hetero) is 1. The molecular formula is C15H12ClFN2O3. The van der Waals surface area contributed by atoms with E-state index >= 15 is 0 Å². The van der Waals surface area contributed by atoms with Crippen molar-refractivity contribution in [3.63, 3.8) is 0 Å². The molecule has 114 valence electrons. The molecule has 0 spiro atoms. The van der Waals surface area contributed by atoms with E-state index in [0.717, 1.165) is 18.5 Å². The molecule has 0 saturated heterocycles. The summed E-state index contributed by atoms with van der Waals surface area (Å²) in [5, 5.41) is 0.103. The van der Waals surface area contributed by atoms with Crippen molar-refractivity contribution in [1.82, 2.24) is 9.97 Å². The van der Waals surface area contributed by atoms with E-state index in [1.807, 2.05) is 0 Å². The van der Waals surface area contributed by atoms with Gasteiger partial charge in [-0.1, -0.05) is 11.6 Å². The molecule has 0 aliphatic carbocycles. The predicted molar refractivity (Wildman–Crippen MR) is 77.1 cm³/mol. The van der Waals surface area contributed by atoms with Gasteiger partial charge in [0.05, 0.1) is 12.3 Å². The Morgan fingerprint density at radius 2 is 1.95 bits per heavy atom. The molecule has 0 radical (unpaired) electrons. The van der Waals surface area contributed by atoms with Gasteiger partial charge in [-0.2, -0.15) is 0 Å². The number of hydrogen-bond donors (Lipinski definition) is 0. The van der Waals surface area contributed by atoms with Crippen LogP contribution in [0.5, 0.6) is 0 Å². The number of nitrogens with zero attached hydrogens (tertiary/aromatic N) is 2. The maximum atomic E-state index is 13.0. The predicted octanol–water partition coefficient (Wildman–Crippen LogP) is 2.80. The summed E-state index contributed by atoms with van der Waals surface area (Å²) in [7, 11) is 0. The summed E-state index contributed by atoms with van der Waals surface area (Å²) in [6, 6.07) is 6.20. The van der Waals surface area contributed by atoms with Crippen molar-refractivity contribution in [3.05, 3.63) is 58.9 Å². The van der Waals surface area contributed by atoms with E-state index in [2.05, 4.69) is 9.97 Å². The van der Waals surface area contributed by atoms with Gasteiger partial charge in [0.2, 0.25) is 0 Å². The molecule has 1 aromatic heterocycles. The van der Waals surface area contributed by atoms with Gasteiger partial charge in [0, 0.05) is 5.56 Å². The second-order valence-electron chi connectivity index (χ2n) is 4.32. The minimum absolute atomic E-state index is 0.103. The van der Waals surface area contributed by atoms with Gasteiger partial charge in [-0.05, 0) is 37.3 Å². The summed E-state index contributed by atoms with van der Waals surface area (Å²) >= 11 is 5.78. The average molecular weight is 323 g/mol. The molecule has 1 atom stereocenters. The van der Waals surface area contributed by atoms with Gasteiger partial charge in [0.15, 0.2) is 11.7 Å². The van der Waals surface area contributed by atoms with Crippen molar-refractivity contribution >= 4 is 23.4 Å². The molecule has 0 N–H and O–H groups in total. The minimum Gasteiger partial charge on any atom is -0.465 e. The molecule has 0 amide bonds. The number of esters is 1. The van der Waals surface area contributed by atoms with Gasteiger partial charge in [-0.25, -0.2) is 14.4 Å². The number of halogens is 2. The smallest absolute Gasteiger partial charge is 0.323 e. The van der Waals surface area contributed by atoms with Gasteiger partial charge < -0.3 is 4.74 Å². The number of hydrogen-bond acceptors (Lipinski definition) is 5. The van der Waals surface area contributed by atoms with Crippen LogP contribution in [-0.4, -0.2) is 28.3 Å². The largest absolute Gasteiger partial charge is 0.465 e. The lowest BCUT2D eigenvalue weighted by Gasteiger charge is -2.14. The first-order valence-electron chi connectivity index (χ1n) is 6.46. The maximum absolute atomic E-state index is 13.0. The molecule has 2 rings (SSSR count). The molecule has 0 fully saturated rings. The van der Waals surface area contributed by atoms with Crippen LogP contribution < -0.4 is 0 Å². The van der Waals surface area contributed by atoms with Crippen LogP contribution in [-0.2, 0) is 9.53 Å². The molecular weight excluding hydrogens is 311 g/mol. The molecule has 1 aromatic carbocycles. The molecule has 0 bridgehead atoms. The van der Waals surface area contributed by atoms with Crippen molar-refractivity contribution < 1.29 is 18.7 Å². The monoisotopic (exact) mass is 322 g/mol. The van der Waals surface area contributed by atoms with E-state index in [9.17, 15) is 14.0 Å². The fourth-order valence-electron chi connectivity index (χ4n) is 1.87. The van der Waals surface area contributed by atoms with Gasteiger partial charge in [-0.3, -0.25) is 9.59 Å². The highest BCUT2D eigenvalue weighted by atomic mass is 35.5. The van der Waals surface area contributed by atoms with Gasteiger partial charge in [0.1, 0.15) is 17.3 Å². The lowest BCUT2D eigenvalue weighted by molar-refractivity contribution is -0.143. The standard InChI is InChI=1S/C15H12ClFN2O3/c1-2-22-15(21)13(11-7-12(16)19-8-18-11)14(20)9-3-5-10(17)6-4-9/h3-8,13H,2H2,1H3. The fourth-order valence-corrected chi connectivity index (χ4v) is 2.03. The number of rotatable bonds is 5. The van der Waals surface area contributed by atoms with Gasteiger partial charge in [0.25, 0.3) is 0 Å². The average Bonchev–Trinajstić information content (AvgIpc) is 2.48. The fraction of sp³-hybridized carbons (Fsp3) is 0.200. The molecule has 2 aromatic rings. The summed E-state index contributed by atoms with van der Waals surface area (Å²) in [6.45, 7) is 1.75. The Labute approximate surface area is 131 Å². The highest BCUT2D eigenvalue weighted by molar-refractivity contribution is 6.29. The number of aromatic nitrogens is 2. The number of benzene rings is 1. The molecule has 1 heterocycles. The summed E-state index contributed by atoms with van der Waals surface area (Å²) in [4.78, 5) is 32.3. The van der Waals surface area contributed by atoms with Gasteiger partial charge >= 0.3 is 5.97 Å². The van der Waals surface area contributed by atoms with Crippen molar-refractivity contribution in [3.8, 4) is 0 Å². The van der Waals surface area contributed by atoms with E-state index in [0.29, 0.717) is 0 Å². The third-order valence-electron chi connectivity index (χ3n) is 2.86. The summed E-state index contributed by atoms with van der Waals surface area (Å²) in [5.41, 5.74) is 0.307. The first-order valence-corrected chi connectivity index (χ1v) is 6.84. The summed E-state index contributed by atoms with van der Waals surface area (Å²) in [5.74, 6) is -3.04. The zero-order valence-electron chi connectivity index (χ0n) is 11.6. The van der Waals surface area contributed by atoms with Crippen molar-refractivity contribution in [1.29, 1.82) is 0 Å². The highest BCUT2D eigenvalue weighted by Crippen LogP contribution is 2.22. The number of carbonyl (C=O) groups excluding carboxylic acids is 2. The lowest BCUT2D eigenvalue weighted by Crippen LogP contribution is -2.25. The Morgan fingerprint density at radius 1 is 1.27 bits per heavy atom. The molecule has 1 unspecified atom stereocenters. The van der Waals surface area contributed by atoms with Gasteiger partial charge in [-0.15, -0.1) is 0 Å². The zero-order chi connectivity index (χ0) is 16.1. The SMILES string of the molecule is CCOC(=O)C(C(=O)c1ccc(F)cc1)c1cc(Cl)ncn1. The molecule has 0 aliphatic rings. The topological polar surface area (TPSA) is 69.2 Å². The first kappa shape index (κ1) is 16.0. The number of ketones is 1. The third kappa shape index (κ3) is 3.65. The van der Waals surface area contributed by atoms with Crippen LogP contribution in [0.4, 0.5) is 4.39 Å². The Bertz CT molecular complexity index is 691. The maximum Gasteiger partial charge on any atom is 0.323 e. The molecule has 7 heteroatoms. The summed E-state index contributed by atoms with van der Waals surface area (Å²) < 4.78 is 17.9. The van der Waals surface area contributed by atoms with E-state index in [1.54, 1.807) is 6.92 Å². The van der Waals surface area contributed by atoms with Crippen molar-refractivity contribution in [2.24, 2.45) is 0 Å². The quantitative estimate of drug-likeness (QED) is 0.366. The highest BCUT2D eigenvalue weighted by Gasteiger charge is 2.32. The summed E-state index contributed by atoms with van der Waals surface area (Å²) in [6.07, 6.45) is 1.15. The molecule has 22 heavy (non-hydrogen) atoms. The molecule has 0 aliphatic heterocycles. The Kier molecular flexibility index (Phi) is 5.16. The first-order chi connectivity index (χ1) is 10.5. The van der Waals surface area contributed by atoms with Crippen LogP contribution in [0.25, 0.3) is 0 Å². The molecule has 0 saturated carbocycles. The zero-order valence-corrected chi connectivity index (χ0v) is 12.4. The lowest BCUT2D eigenvalue weighted by atomic mass is 9.94. The van der Waals surface area contributed by atoms with E-state index in [-0.39, 0.29) is 23.0 Å². The van der Waals surface area contributed by atoms with E-state index in [4.69, 9.17) is 16.3 Å². The Hall–Kier alpha value is -2.34. The third-order valence-corrected chi connectivity index (χ3v) is 3.07. The Balaban J connectivity index is 2.42. The van der Waals surface area contributed by atoms with Crippen LogP contribution >= 0.6 is 11.6 Å². The van der Waals surface area contributed by atoms with Crippen LogP contribution in [0.1, 0.15) is 28.9 Å². The van der Waals surface area contributed by atoms with E-state index in [1.165, 1.54) is 18.2 Å². The second kappa shape index (κ2) is 7.09. The van der Waals surface area contributed by atoms with Crippen LogP contribution in [0, 0.1) is 5.82 Å². The van der Waals surface area contributed by atoms with Crippen LogP contribution in [0.3, 0.4) is 0 Å². The van der Waals surface area contributed by atoms with Crippen LogP contribution in [0.15, 0.2) is 36.7 Å². The van der Waals surface area contributed by atoms with Crippen LogP contribution in [0.2, 0.25) is 5.15 Å². The number of ether oxygens (including phenoxy) is 1. The number of carbonyl (C=O) groups is 2. The van der Waals surface area contributed by atoms with Crippen molar-refractivity contribution in [2.45, 2.75) is 12.8 Å². The van der Waals surface area contributed by atoms with E-state index < -0.39 is 23.5 Å². The van der Waals surface area contributed by atoms with Crippen molar-refractivity contribution in [2.75, 3.05) is 6.61 Å². The minimum atomic E-state index is -1.27. The molecule has 5 nitrogen and oxygen atoms in total.